The Morgan fingerprint density at radius 3 is 2.31 bits per heavy atom. The highest BCUT2D eigenvalue weighted by molar-refractivity contribution is 7.92. The van der Waals surface area contributed by atoms with Crippen molar-refractivity contribution >= 4 is 34.1 Å². The summed E-state index contributed by atoms with van der Waals surface area (Å²) in [6, 6.07) is 9.51. The molecule has 1 aliphatic rings. The van der Waals surface area contributed by atoms with E-state index in [1.807, 2.05) is 30.3 Å². The van der Waals surface area contributed by atoms with E-state index in [-0.39, 0.29) is 37.7 Å². The van der Waals surface area contributed by atoms with Gasteiger partial charge in [-0.2, -0.15) is 0 Å². The number of amides is 2. The van der Waals surface area contributed by atoms with E-state index in [1.54, 1.807) is 7.05 Å². The molecule has 26 heavy (non-hydrogen) atoms. The molecule has 1 aromatic rings. The first-order valence-corrected chi connectivity index (χ1v) is 10.1. The standard InChI is InChI=1S/C17H25N3O4S.ClH/c1-20(13-14-6-4-3-5-7-14)15(21)12-19-16(22)17(25(2,23)24)8-10-18-11-9-17;/h3-7,18H,8-13H2,1-2H3,(H,19,22);1H. The van der Waals surface area contributed by atoms with Gasteiger partial charge in [-0.15, -0.1) is 12.4 Å². The molecule has 1 fully saturated rings. The van der Waals surface area contributed by atoms with E-state index >= 15 is 0 Å². The quantitative estimate of drug-likeness (QED) is 0.714. The number of likely N-dealkylation sites (N-methyl/N-ethyl adjacent to an activating group) is 1. The van der Waals surface area contributed by atoms with Crippen molar-refractivity contribution in [2.24, 2.45) is 0 Å². The van der Waals surface area contributed by atoms with Crippen molar-refractivity contribution in [2.75, 3.05) is 32.9 Å². The molecule has 1 aliphatic heterocycles. The molecule has 9 heteroatoms. The van der Waals surface area contributed by atoms with Crippen LogP contribution in [0.5, 0.6) is 0 Å². The Bertz CT molecular complexity index is 719. The third-order valence-electron chi connectivity index (χ3n) is 4.62. The van der Waals surface area contributed by atoms with Crippen LogP contribution in [0, 0.1) is 0 Å². The Kier molecular flexibility index (Phi) is 8.05. The first kappa shape index (κ1) is 22.4. The minimum Gasteiger partial charge on any atom is -0.346 e. The highest BCUT2D eigenvalue weighted by atomic mass is 35.5. The Labute approximate surface area is 160 Å². The van der Waals surface area contributed by atoms with E-state index in [1.165, 1.54) is 4.90 Å². The summed E-state index contributed by atoms with van der Waals surface area (Å²) in [6.07, 6.45) is 1.51. The number of halogens is 1. The van der Waals surface area contributed by atoms with Crippen LogP contribution in [0.25, 0.3) is 0 Å². The molecule has 0 atom stereocenters. The topological polar surface area (TPSA) is 95.6 Å². The maximum atomic E-state index is 12.6. The molecule has 2 amide bonds. The Morgan fingerprint density at radius 2 is 1.77 bits per heavy atom. The molecule has 1 heterocycles. The predicted octanol–water partition coefficient (Wildman–Crippen LogP) is 0.350. The van der Waals surface area contributed by atoms with Gasteiger partial charge in [0.25, 0.3) is 0 Å². The zero-order valence-corrected chi connectivity index (χ0v) is 16.7. The van der Waals surface area contributed by atoms with Crippen LogP contribution < -0.4 is 10.6 Å². The third-order valence-corrected chi connectivity index (χ3v) is 6.64. The molecule has 0 radical (unpaired) electrons. The second-order valence-corrected chi connectivity index (χ2v) is 8.76. The minimum absolute atomic E-state index is 0. The first-order chi connectivity index (χ1) is 11.8. The number of nitrogens with one attached hydrogen (secondary N) is 2. The van der Waals surface area contributed by atoms with Crippen molar-refractivity contribution in [3.8, 4) is 0 Å². The Morgan fingerprint density at radius 1 is 1.19 bits per heavy atom. The van der Waals surface area contributed by atoms with Crippen molar-refractivity contribution in [1.29, 1.82) is 0 Å². The average Bonchev–Trinajstić information content (AvgIpc) is 2.59. The Hall–Kier alpha value is -1.64. The SMILES string of the molecule is CN(Cc1ccccc1)C(=O)CNC(=O)C1(S(C)(=O)=O)CCNCC1.Cl. The fraction of sp³-hybridized carbons (Fsp3) is 0.529. The van der Waals surface area contributed by atoms with Gasteiger partial charge >= 0.3 is 0 Å². The molecule has 2 N–H and O–H groups in total. The van der Waals surface area contributed by atoms with Crippen molar-refractivity contribution in [3.63, 3.8) is 0 Å². The number of hydrogen-bond donors (Lipinski definition) is 2. The molecule has 1 saturated heterocycles. The van der Waals surface area contributed by atoms with Crippen LogP contribution in [0.3, 0.4) is 0 Å². The number of rotatable bonds is 6. The van der Waals surface area contributed by atoms with Gasteiger partial charge in [0.15, 0.2) is 14.6 Å². The summed E-state index contributed by atoms with van der Waals surface area (Å²) in [6.45, 7) is 1.13. The third kappa shape index (κ3) is 5.18. The van der Waals surface area contributed by atoms with Gasteiger partial charge in [-0.25, -0.2) is 8.42 Å². The number of piperidine rings is 1. The zero-order valence-electron chi connectivity index (χ0n) is 15.0. The van der Waals surface area contributed by atoms with Gasteiger partial charge in [0, 0.05) is 19.8 Å². The molecular formula is C17H26ClN3O4S. The summed E-state index contributed by atoms with van der Waals surface area (Å²) in [5, 5.41) is 5.59. The molecule has 0 saturated carbocycles. The van der Waals surface area contributed by atoms with Gasteiger partial charge in [0.2, 0.25) is 11.8 Å². The second-order valence-electron chi connectivity index (χ2n) is 6.43. The van der Waals surface area contributed by atoms with Crippen molar-refractivity contribution in [2.45, 2.75) is 24.1 Å². The number of carbonyl (C=O) groups excluding carboxylic acids is 2. The van der Waals surface area contributed by atoms with Gasteiger partial charge in [-0.05, 0) is 31.5 Å². The van der Waals surface area contributed by atoms with Crippen molar-refractivity contribution < 1.29 is 18.0 Å². The lowest BCUT2D eigenvalue weighted by molar-refractivity contribution is -0.133. The number of carbonyl (C=O) groups is 2. The maximum absolute atomic E-state index is 12.6. The minimum atomic E-state index is -3.58. The molecule has 0 unspecified atom stereocenters. The number of benzene rings is 1. The molecule has 0 bridgehead atoms. The molecule has 0 aromatic heterocycles. The summed E-state index contributed by atoms with van der Waals surface area (Å²) in [7, 11) is -1.93. The summed E-state index contributed by atoms with van der Waals surface area (Å²) >= 11 is 0. The van der Waals surface area contributed by atoms with Gasteiger partial charge in [-0.3, -0.25) is 9.59 Å². The summed E-state index contributed by atoms with van der Waals surface area (Å²) in [4.78, 5) is 26.3. The highest BCUT2D eigenvalue weighted by Crippen LogP contribution is 2.27. The first-order valence-electron chi connectivity index (χ1n) is 8.23. The van der Waals surface area contributed by atoms with Crippen LogP contribution in [0.2, 0.25) is 0 Å². The highest BCUT2D eigenvalue weighted by Gasteiger charge is 2.48. The van der Waals surface area contributed by atoms with Crippen LogP contribution >= 0.6 is 12.4 Å². The lowest BCUT2D eigenvalue weighted by atomic mass is 9.96. The molecule has 1 aromatic carbocycles. The monoisotopic (exact) mass is 403 g/mol. The van der Waals surface area contributed by atoms with E-state index in [9.17, 15) is 18.0 Å². The van der Waals surface area contributed by atoms with Gasteiger partial charge in [-0.1, -0.05) is 30.3 Å². The van der Waals surface area contributed by atoms with E-state index < -0.39 is 20.5 Å². The average molecular weight is 404 g/mol. The summed E-state index contributed by atoms with van der Waals surface area (Å²) < 4.78 is 22.9. The van der Waals surface area contributed by atoms with Crippen LogP contribution in [0.1, 0.15) is 18.4 Å². The van der Waals surface area contributed by atoms with E-state index in [2.05, 4.69) is 10.6 Å². The lowest BCUT2D eigenvalue weighted by Crippen LogP contribution is -2.58. The maximum Gasteiger partial charge on any atom is 0.242 e. The zero-order chi connectivity index (χ0) is 18.5. The molecule has 7 nitrogen and oxygen atoms in total. The van der Waals surface area contributed by atoms with E-state index in [0.717, 1.165) is 11.8 Å². The normalized spacial score (nSPS) is 16.2. The Balaban J connectivity index is 0.00000338. The van der Waals surface area contributed by atoms with Crippen LogP contribution in [-0.4, -0.2) is 62.8 Å². The fourth-order valence-electron chi connectivity index (χ4n) is 2.99. The van der Waals surface area contributed by atoms with Crippen LogP contribution in [0.15, 0.2) is 30.3 Å². The van der Waals surface area contributed by atoms with Gasteiger partial charge in [0.1, 0.15) is 0 Å². The molecule has 146 valence electrons. The summed E-state index contributed by atoms with van der Waals surface area (Å²) in [5.41, 5.74) is 0.982. The number of nitrogens with zero attached hydrogens (tertiary/aromatic N) is 1. The molecule has 0 spiro atoms. The predicted molar refractivity (Wildman–Crippen MR) is 103 cm³/mol. The lowest BCUT2D eigenvalue weighted by Gasteiger charge is -2.34. The van der Waals surface area contributed by atoms with Crippen LogP contribution in [0.4, 0.5) is 0 Å². The van der Waals surface area contributed by atoms with Crippen molar-refractivity contribution in [3.05, 3.63) is 35.9 Å². The summed E-state index contributed by atoms with van der Waals surface area (Å²) in [5.74, 6) is -0.854. The molecular weight excluding hydrogens is 378 g/mol. The van der Waals surface area contributed by atoms with E-state index in [0.29, 0.717) is 19.6 Å². The smallest absolute Gasteiger partial charge is 0.242 e. The number of hydrogen-bond acceptors (Lipinski definition) is 5. The molecule has 0 aliphatic carbocycles. The van der Waals surface area contributed by atoms with E-state index in [4.69, 9.17) is 0 Å². The van der Waals surface area contributed by atoms with Gasteiger partial charge < -0.3 is 15.5 Å². The fourth-order valence-corrected chi connectivity index (χ4v) is 4.35. The van der Waals surface area contributed by atoms with Gasteiger partial charge in [0.05, 0.1) is 6.54 Å². The van der Waals surface area contributed by atoms with Crippen LogP contribution in [-0.2, 0) is 26.0 Å². The van der Waals surface area contributed by atoms with Crippen molar-refractivity contribution in [1.82, 2.24) is 15.5 Å². The second kappa shape index (κ2) is 9.34. The largest absolute Gasteiger partial charge is 0.346 e. The number of sulfone groups is 1. The molecule has 2 rings (SSSR count).